The van der Waals surface area contributed by atoms with Crippen LogP contribution in [0, 0.1) is 11.3 Å². The zero-order valence-corrected chi connectivity index (χ0v) is 14.5. The first kappa shape index (κ1) is 17.6. The highest BCUT2D eigenvalue weighted by Gasteiger charge is 2.13. The number of ether oxygens (including phenoxy) is 2. The van der Waals surface area contributed by atoms with E-state index in [-0.39, 0.29) is 18.9 Å². The minimum absolute atomic E-state index is 0.0159. The topological polar surface area (TPSA) is 83.4 Å². The number of hydrogen-bond donors (Lipinski definition) is 2. The maximum atomic E-state index is 12.1. The third-order valence-corrected chi connectivity index (χ3v) is 4.12. The standard InChI is InChI=1S/C19H16ClN3O3/c20-16-4-2-1-3-14(16)11-23-19(24)15(8-21)10-22-9-13-5-6-17-18(7-13)26-12-25-17/h1-7,10,22H,9,11-12H2,(H,23,24)/b15-10-. The second kappa shape index (κ2) is 8.28. The van der Waals surface area contributed by atoms with Crippen molar-refractivity contribution >= 4 is 17.5 Å². The molecule has 0 radical (unpaired) electrons. The molecule has 1 aliphatic heterocycles. The van der Waals surface area contributed by atoms with E-state index in [1.807, 2.05) is 42.5 Å². The number of nitriles is 1. The lowest BCUT2D eigenvalue weighted by Crippen LogP contribution is -2.25. The molecule has 0 bridgehead atoms. The van der Waals surface area contributed by atoms with Gasteiger partial charge in [0.15, 0.2) is 11.5 Å². The summed E-state index contributed by atoms with van der Waals surface area (Å²) in [6, 6.07) is 14.7. The fraction of sp³-hybridized carbons (Fsp3) is 0.158. The van der Waals surface area contributed by atoms with Crippen molar-refractivity contribution in [1.82, 2.24) is 10.6 Å². The molecular weight excluding hydrogens is 354 g/mol. The van der Waals surface area contributed by atoms with Gasteiger partial charge >= 0.3 is 0 Å². The zero-order chi connectivity index (χ0) is 18.4. The summed E-state index contributed by atoms with van der Waals surface area (Å²) in [5.74, 6) is 0.929. The highest BCUT2D eigenvalue weighted by atomic mass is 35.5. The van der Waals surface area contributed by atoms with Crippen molar-refractivity contribution in [2.45, 2.75) is 13.1 Å². The van der Waals surface area contributed by atoms with Crippen LogP contribution in [-0.2, 0) is 17.9 Å². The molecule has 2 aromatic rings. The van der Waals surface area contributed by atoms with E-state index in [0.717, 1.165) is 11.1 Å². The molecule has 2 aromatic carbocycles. The smallest absolute Gasteiger partial charge is 0.263 e. The Morgan fingerprint density at radius 2 is 2.00 bits per heavy atom. The lowest BCUT2D eigenvalue weighted by atomic mass is 10.2. The molecule has 1 aliphatic rings. The molecule has 0 atom stereocenters. The van der Waals surface area contributed by atoms with E-state index in [1.54, 1.807) is 6.07 Å². The normalized spacial score (nSPS) is 12.4. The summed E-state index contributed by atoms with van der Waals surface area (Å²) < 4.78 is 10.6. The zero-order valence-electron chi connectivity index (χ0n) is 13.8. The summed E-state index contributed by atoms with van der Waals surface area (Å²) in [7, 11) is 0. The van der Waals surface area contributed by atoms with Gasteiger partial charge in [-0.3, -0.25) is 4.79 Å². The molecule has 2 N–H and O–H groups in total. The van der Waals surface area contributed by atoms with Gasteiger partial charge in [-0.15, -0.1) is 0 Å². The van der Waals surface area contributed by atoms with Gasteiger partial charge in [0, 0.05) is 24.3 Å². The van der Waals surface area contributed by atoms with Crippen molar-refractivity contribution in [3.05, 3.63) is 70.4 Å². The van der Waals surface area contributed by atoms with Crippen LogP contribution in [0.4, 0.5) is 0 Å². The van der Waals surface area contributed by atoms with Gasteiger partial charge in [-0.05, 0) is 29.3 Å². The lowest BCUT2D eigenvalue weighted by molar-refractivity contribution is -0.117. The number of hydrogen-bond acceptors (Lipinski definition) is 5. The molecule has 0 aliphatic carbocycles. The predicted molar refractivity (Wildman–Crippen MR) is 96.4 cm³/mol. The first-order valence-corrected chi connectivity index (χ1v) is 8.29. The van der Waals surface area contributed by atoms with Crippen molar-refractivity contribution in [3.8, 4) is 17.6 Å². The van der Waals surface area contributed by atoms with Gasteiger partial charge in [0.25, 0.3) is 5.91 Å². The first-order chi connectivity index (χ1) is 12.7. The highest BCUT2D eigenvalue weighted by molar-refractivity contribution is 6.31. The van der Waals surface area contributed by atoms with E-state index in [9.17, 15) is 10.1 Å². The van der Waals surface area contributed by atoms with Crippen LogP contribution in [0.2, 0.25) is 5.02 Å². The van der Waals surface area contributed by atoms with Gasteiger partial charge in [-0.25, -0.2) is 0 Å². The molecule has 26 heavy (non-hydrogen) atoms. The van der Waals surface area contributed by atoms with Crippen molar-refractivity contribution in [2.75, 3.05) is 6.79 Å². The number of halogens is 1. The second-order valence-corrected chi connectivity index (χ2v) is 5.92. The van der Waals surface area contributed by atoms with E-state index in [2.05, 4.69) is 10.6 Å². The number of carbonyl (C=O) groups excluding carboxylic acids is 1. The summed E-state index contributed by atoms with van der Waals surface area (Å²) in [6.07, 6.45) is 1.40. The Bertz CT molecular complexity index is 890. The number of fused-ring (bicyclic) bond motifs is 1. The van der Waals surface area contributed by atoms with E-state index >= 15 is 0 Å². The Balaban J connectivity index is 1.55. The van der Waals surface area contributed by atoms with Gasteiger partial charge in [0.05, 0.1) is 0 Å². The van der Waals surface area contributed by atoms with Gasteiger partial charge in [0.1, 0.15) is 11.6 Å². The van der Waals surface area contributed by atoms with Crippen molar-refractivity contribution < 1.29 is 14.3 Å². The third kappa shape index (κ3) is 4.26. The number of carbonyl (C=O) groups is 1. The molecule has 6 nitrogen and oxygen atoms in total. The number of nitrogens with zero attached hydrogens (tertiary/aromatic N) is 1. The Morgan fingerprint density at radius 3 is 2.81 bits per heavy atom. The summed E-state index contributed by atoms with van der Waals surface area (Å²) in [5.41, 5.74) is 1.71. The van der Waals surface area contributed by atoms with Gasteiger partial charge in [-0.2, -0.15) is 5.26 Å². The average molecular weight is 370 g/mol. The number of amides is 1. The van der Waals surface area contributed by atoms with Crippen molar-refractivity contribution in [3.63, 3.8) is 0 Å². The van der Waals surface area contributed by atoms with Gasteiger partial charge in [0.2, 0.25) is 6.79 Å². The fourth-order valence-electron chi connectivity index (χ4n) is 2.38. The highest BCUT2D eigenvalue weighted by Crippen LogP contribution is 2.32. The molecule has 0 aromatic heterocycles. The maximum absolute atomic E-state index is 12.1. The van der Waals surface area contributed by atoms with Crippen LogP contribution in [0.25, 0.3) is 0 Å². The largest absolute Gasteiger partial charge is 0.454 e. The molecule has 3 rings (SSSR count). The fourth-order valence-corrected chi connectivity index (χ4v) is 2.59. The molecule has 0 saturated carbocycles. The van der Waals surface area contributed by atoms with Crippen LogP contribution in [-0.4, -0.2) is 12.7 Å². The van der Waals surface area contributed by atoms with E-state index < -0.39 is 5.91 Å². The van der Waals surface area contributed by atoms with Gasteiger partial charge < -0.3 is 20.1 Å². The Morgan fingerprint density at radius 1 is 1.19 bits per heavy atom. The van der Waals surface area contributed by atoms with Crippen molar-refractivity contribution in [2.24, 2.45) is 0 Å². The van der Waals surface area contributed by atoms with Crippen LogP contribution in [0.1, 0.15) is 11.1 Å². The summed E-state index contributed by atoms with van der Waals surface area (Å²) in [5, 5.41) is 15.4. The van der Waals surface area contributed by atoms with Crippen LogP contribution in [0.5, 0.6) is 11.5 Å². The molecule has 7 heteroatoms. The summed E-state index contributed by atoms with van der Waals surface area (Å²) >= 11 is 6.05. The molecule has 1 heterocycles. The summed E-state index contributed by atoms with van der Waals surface area (Å²) in [4.78, 5) is 12.1. The minimum Gasteiger partial charge on any atom is -0.454 e. The van der Waals surface area contributed by atoms with Crippen molar-refractivity contribution in [1.29, 1.82) is 5.26 Å². The lowest BCUT2D eigenvalue weighted by Gasteiger charge is -2.07. The van der Waals surface area contributed by atoms with Crippen LogP contribution in [0.3, 0.4) is 0 Å². The van der Waals surface area contributed by atoms with Gasteiger partial charge in [-0.1, -0.05) is 35.9 Å². The maximum Gasteiger partial charge on any atom is 0.263 e. The van der Waals surface area contributed by atoms with E-state index in [0.29, 0.717) is 23.1 Å². The number of rotatable bonds is 6. The summed E-state index contributed by atoms with van der Waals surface area (Å²) in [6.45, 7) is 0.912. The second-order valence-electron chi connectivity index (χ2n) is 5.51. The molecule has 1 amide bonds. The SMILES string of the molecule is N#C/C(=C/NCc1ccc2c(c1)OCO2)C(=O)NCc1ccccc1Cl. The molecular formula is C19H16ClN3O3. The molecule has 132 valence electrons. The third-order valence-electron chi connectivity index (χ3n) is 3.75. The van der Waals surface area contributed by atoms with E-state index in [1.165, 1.54) is 6.20 Å². The molecule has 0 saturated heterocycles. The Hall–Kier alpha value is -3.17. The first-order valence-electron chi connectivity index (χ1n) is 7.91. The van der Waals surface area contributed by atoms with E-state index in [4.69, 9.17) is 21.1 Å². The van der Waals surface area contributed by atoms with Crippen LogP contribution in [0.15, 0.2) is 54.2 Å². The van der Waals surface area contributed by atoms with Crippen LogP contribution >= 0.6 is 11.6 Å². The Labute approximate surface area is 156 Å². The van der Waals surface area contributed by atoms with Crippen LogP contribution < -0.4 is 20.1 Å². The number of benzene rings is 2. The monoisotopic (exact) mass is 369 g/mol. The quantitative estimate of drug-likeness (QED) is 0.604. The minimum atomic E-state index is -0.467. The molecule has 0 fully saturated rings. The number of nitrogens with one attached hydrogen (secondary N) is 2. The average Bonchev–Trinajstić information content (AvgIpc) is 3.12. The molecule has 0 unspecified atom stereocenters. The molecule has 0 spiro atoms. The Kier molecular flexibility index (Phi) is 5.62. The predicted octanol–water partition coefficient (Wildman–Crippen LogP) is 2.88.